The molecule has 0 bridgehead atoms. The molecule has 0 unspecified atom stereocenters. The van der Waals surface area contributed by atoms with Gasteiger partial charge in [0.1, 0.15) is 0 Å². The summed E-state index contributed by atoms with van der Waals surface area (Å²) in [5.41, 5.74) is 1.51. The maximum absolute atomic E-state index is 3.55. The second-order valence-electron chi connectivity index (χ2n) is 3.96. The molecule has 1 heteroatoms. The molecule has 1 aliphatic rings. The summed E-state index contributed by atoms with van der Waals surface area (Å²) in [4.78, 5) is 0. The van der Waals surface area contributed by atoms with Crippen LogP contribution in [0.4, 0.5) is 0 Å². The maximum Gasteiger partial charge on any atom is 0.0143 e. The topological polar surface area (TPSA) is 12.0 Å². The highest BCUT2D eigenvalue weighted by Crippen LogP contribution is 2.14. The molecule has 13 heavy (non-hydrogen) atoms. The Bertz CT molecular complexity index is 149. The maximum atomic E-state index is 3.55. The van der Waals surface area contributed by atoms with Gasteiger partial charge in [-0.15, -0.1) is 0 Å². The standard InChI is InChI=1S/C12H23N/c1-2-3-11-13-12-9-7-5-4-6-8-10-12/h9,13H,2-8,10-11H2,1H3/b12-9+. The average molecular weight is 181 g/mol. The Morgan fingerprint density at radius 3 is 2.92 bits per heavy atom. The van der Waals surface area contributed by atoms with E-state index < -0.39 is 0 Å². The fourth-order valence-electron chi connectivity index (χ4n) is 1.78. The number of hydrogen-bond donors (Lipinski definition) is 1. The van der Waals surface area contributed by atoms with Crippen molar-refractivity contribution >= 4 is 0 Å². The van der Waals surface area contributed by atoms with Crippen LogP contribution in [-0.4, -0.2) is 6.54 Å². The first-order valence-electron chi connectivity index (χ1n) is 5.86. The van der Waals surface area contributed by atoms with Crippen LogP contribution in [0.2, 0.25) is 0 Å². The largest absolute Gasteiger partial charge is 0.389 e. The molecule has 0 aromatic carbocycles. The van der Waals surface area contributed by atoms with E-state index in [1.807, 2.05) is 0 Å². The van der Waals surface area contributed by atoms with E-state index in [1.54, 1.807) is 0 Å². The van der Waals surface area contributed by atoms with Gasteiger partial charge in [0.25, 0.3) is 0 Å². The third-order valence-corrected chi connectivity index (χ3v) is 2.67. The van der Waals surface area contributed by atoms with Crippen LogP contribution in [0.3, 0.4) is 0 Å². The van der Waals surface area contributed by atoms with Crippen LogP contribution in [0.5, 0.6) is 0 Å². The zero-order chi connectivity index (χ0) is 9.36. The van der Waals surface area contributed by atoms with Gasteiger partial charge in [0.15, 0.2) is 0 Å². The van der Waals surface area contributed by atoms with Gasteiger partial charge in [-0.25, -0.2) is 0 Å². The van der Waals surface area contributed by atoms with Crippen LogP contribution < -0.4 is 5.32 Å². The molecular weight excluding hydrogens is 158 g/mol. The highest BCUT2D eigenvalue weighted by Gasteiger charge is 2.00. The molecule has 0 saturated heterocycles. The van der Waals surface area contributed by atoms with Crippen molar-refractivity contribution in [3.63, 3.8) is 0 Å². The Morgan fingerprint density at radius 1 is 1.23 bits per heavy atom. The first-order chi connectivity index (χ1) is 6.43. The summed E-state index contributed by atoms with van der Waals surface area (Å²) in [6.07, 6.45) is 13.2. The summed E-state index contributed by atoms with van der Waals surface area (Å²) < 4.78 is 0. The first-order valence-corrected chi connectivity index (χ1v) is 5.86. The Balaban J connectivity index is 2.19. The lowest BCUT2D eigenvalue weighted by Crippen LogP contribution is -2.15. The molecule has 0 aromatic rings. The number of unbranched alkanes of at least 4 members (excludes halogenated alkanes) is 1. The van der Waals surface area contributed by atoms with Crippen molar-refractivity contribution < 1.29 is 0 Å². The molecule has 0 radical (unpaired) electrons. The Hall–Kier alpha value is -0.460. The van der Waals surface area contributed by atoms with Crippen LogP contribution in [0.15, 0.2) is 11.8 Å². The molecule has 1 aliphatic carbocycles. The van der Waals surface area contributed by atoms with Gasteiger partial charge in [0.2, 0.25) is 0 Å². The monoisotopic (exact) mass is 181 g/mol. The summed E-state index contributed by atoms with van der Waals surface area (Å²) in [5.74, 6) is 0. The predicted octanol–water partition coefficient (Wildman–Crippen LogP) is 3.61. The van der Waals surface area contributed by atoms with Crippen molar-refractivity contribution in [2.75, 3.05) is 6.54 Å². The van der Waals surface area contributed by atoms with E-state index in [4.69, 9.17) is 0 Å². The fraction of sp³-hybridized carbons (Fsp3) is 0.833. The quantitative estimate of drug-likeness (QED) is 0.653. The minimum Gasteiger partial charge on any atom is -0.389 e. The average Bonchev–Trinajstić information content (AvgIpc) is 2.08. The molecule has 0 amide bonds. The summed E-state index contributed by atoms with van der Waals surface area (Å²) >= 11 is 0. The SMILES string of the molecule is CCCCN/C1=C/CCCCCC1. The van der Waals surface area contributed by atoms with Crippen LogP contribution in [0.1, 0.15) is 58.3 Å². The van der Waals surface area contributed by atoms with Gasteiger partial charge in [0.05, 0.1) is 0 Å². The zero-order valence-corrected chi connectivity index (χ0v) is 8.94. The van der Waals surface area contributed by atoms with Crippen molar-refractivity contribution in [1.82, 2.24) is 5.32 Å². The van der Waals surface area contributed by atoms with Crippen molar-refractivity contribution in [1.29, 1.82) is 0 Å². The highest BCUT2D eigenvalue weighted by atomic mass is 14.9. The fourth-order valence-corrected chi connectivity index (χ4v) is 1.78. The van der Waals surface area contributed by atoms with E-state index in [0.29, 0.717) is 0 Å². The molecule has 0 aromatic heterocycles. The second kappa shape index (κ2) is 6.99. The Kier molecular flexibility index (Phi) is 5.71. The summed E-state index contributed by atoms with van der Waals surface area (Å²) in [6.45, 7) is 3.41. The van der Waals surface area contributed by atoms with Crippen molar-refractivity contribution in [2.24, 2.45) is 0 Å². The molecule has 76 valence electrons. The normalized spacial score (nSPS) is 22.7. The van der Waals surface area contributed by atoms with Crippen molar-refractivity contribution in [3.8, 4) is 0 Å². The lowest BCUT2D eigenvalue weighted by atomic mass is 10.0. The lowest BCUT2D eigenvalue weighted by Gasteiger charge is -2.13. The van der Waals surface area contributed by atoms with Crippen molar-refractivity contribution in [2.45, 2.75) is 58.3 Å². The van der Waals surface area contributed by atoms with E-state index >= 15 is 0 Å². The van der Waals surface area contributed by atoms with Crippen LogP contribution >= 0.6 is 0 Å². The smallest absolute Gasteiger partial charge is 0.0143 e. The number of hydrogen-bond acceptors (Lipinski definition) is 1. The van der Waals surface area contributed by atoms with Gasteiger partial charge in [-0.1, -0.05) is 32.3 Å². The van der Waals surface area contributed by atoms with Gasteiger partial charge < -0.3 is 5.32 Å². The molecule has 0 heterocycles. The van der Waals surface area contributed by atoms with Gasteiger partial charge in [0, 0.05) is 12.2 Å². The summed E-state index contributed by atoms with van der Waals surface area (Å²) in [5, 5.41) is 3.55. The van der Waals surface area contributed by atoms with E-state index in [-0.39, 0.29) is 0 Å². The van der Waals surface area contributed by atoms with Gasteiger partial charge in [-0.05, 0) is 32.1 Å². The van der Waals surface area contributed by atoms with E-state index in [9.17, 15) is 0 Å². The molecule has 1 nitrogen and oxygen atoms in total. The first kappa shape index (κ1) is 10.6. The zero-order valence-electron chi connectivity index (χ0n) is 8.94. The van der Waals surface area contributed by atoms with E-state index in [2.05, 4.69) is 18.3 Å². The highest BCUT2D eigenvalue weighted by molar-refractivity contribution is 5.00. The lowest BCUT2D eigenvalue weighted by molar-refractivity contribution is 0.591. The molecule has 0 saturated carbocycles. The third-order valence-electron chi connectivity index (χ3n) is 2.67. The molecule has 1 rings (SSSR count). The Morgan fingerprint density at radius 2 is 2.08 bits per heavy atom. The second-order valence-corrected chi connectivity index (χ2v) is 3.96. The molecule has 1 N–H and O–H groups in total. The molecule has 0 fully saturated rings. The number of nitrogens with one attached hydrogen (secondary N) is 1. The Labute approximate surface area is 82.6 Å². The molecule has 0 spiro atoms. The van der Waals surface area contributed by atoms with Gasteiger partial charge in [-0.3, -0.25) is 0 Å². The summed E-state index contributed by atoms with van der Waals surface area (Å²) in [6, 6.07) is 0. The minimum absolute atomic E-state index is 1.17. The molecule has 0 aliphatic heterocycles. The number of allylic oxidation sites excluding steroid dienone is 2. The minimum atomic E-state index is 1.17. The third kappa shape index (κ3) is 4.97. The van der Waals surface area contributed by atoms with Crippen LogP contribution in [0, 0.1) is 0 Å². The van der Waals surface area contributed by atoms with Crippen LogP contribution in [0.25, 0.3) is 0 Å². The van der Waals surface area contributed by atoms with Crippen LogP contribution in [-0.2, 0) is 0 Å². The predicted molar refractivity (Wildman–Crippen MR) is 58.7 cm³/mol. The summed E-state index contributed by atoms with van der Waals surface area (Å²) in [7, 11) is 0. The number of rotatable bonds is 4. The molecule has 0 atom stereocenters. The van der Waals surface area contributed by atoms with E-state index in [0.717, 1.165) is 0 Å². The van der Waals surface area contributed by atoms with E-state index in [1.165, 1.54) is 63.6 Å². The molecular formula is C12H23N. The van der Waals surface area contributed by atoms with Crippen molar-refractivity contribution in [3.05, 3.63) is 11.8 Å². The van der Waals surface area contributed by atoms with Gasteiger partial charge in [-0.2, -0.15) is 0 Å². The van der Waals surface area contributed by atoms with Gasteiger partial charge >= 0.3 is 0 Å².